The molecule has 2 aliphatic heterocycles. The van der Waals surface area contributed by atoms with Crippen molar-refractivity contribution in [3.05, 3.63) is 65.6 Å². The van der Waals surface area contributed by atoms with Gasteiger partial charge in [0, 0.05) is 31.4 Å². The molecular weight excluding hydrogens is 432 g/mol. The molecule has 2 aromatic heterocycles. The molecule has 2 amide bonds. The average Bonchev–Trinajstić information content (AvgIpc) is 3.53. The van der Waals surface area contributed by atoms with Gasteiger partial charge in [-0.2, -0.15) is 0 Å². The molecule has 0 aliphatic carbocycles. The van der Waals surface area contributed by atoms with Gasteiger partial charge in [-0.15, -0.1) is 0 Å². The normalized spacial score (nSPS) is 20.5. The lowest BCUT2D eigenvalue weighted by atomic mass is 10.0. The van der Waals surface area contributed by atoms with Crippen molar-refractivity contribution < 1.29 is 23.5 Å². The number of benzene rings is 1. The molecule has 3 aromatic rings. The van der Waals surface area contributed by atoms with Gasteiger partial charge in [0.1, 0.15) is 23.0 Å². The van der Waals surface area contributed by atoms with Gasteiger partial charge in [-0.3, -0.25) is 9.20 Å². The van der Waals surface area contributed by atoms with E-state index in [2.05, 4.69) is 10.3 Å². The lowest BCUT2D eigenvalue weighted by Crippen LogP contribution is -2.37. The monoisotopic (exact) mass is 455 g/mol. The Balaban J connectivity index is 1.43. The highest BCUT2D eigenvalue weighted by Crippen LogP contribution is 2.37. The molecule has 4 heterocycles. The summed E-state index contributed by atoms with van der Waals surface area (Å²) in [5.41, 5.74) is 2.07. The summed E-state index contributed by atoms with van der Waals surface area (Å²) < 4.78 is 30.0. The minimum absolute atomic E-state index is 0.233. The van der Waals surface area contributed by atoms with Crippen LogP contribution in [0.2, 0.25) is 0 Å². The first-order chi connectivity index (χ1) is 15.9. The SMILES string of the molecule is O=C(O)NC1CCN(C(=O)c2cnc3ccc(N4CCCC4c4cc(F)ccc4F)cn23)C1. The average molecular weight is 455 g/mol. The summed E-state index contributed by atoms with van der Waals surface area (Å²) in [5.74, 6) is -1.15. The van der Waals surface area contributed by atoms with Crippen LogP contribution in [-0.4, -0.2) is 57.1 Å². The molecule has 0 radical (unpaired) electrons. The summed E-state index contributed by atoms with van der Waals surface area (Å²) in [5, 5.41) is 11.3. The maximum absolute atomic E-state index is 14.5. The fourth-order valence-electron chi connectivity index (χ4n) is 4.87. The van der Waals surface area contributed by atoms with Crippen molar-refractivity contribution in [3.63, 3.8) is 0 Å². The molecule has 0 saturated carbocycles. The molecule has 2 fully saturated rings. The van der Waals surface area contributed by atoms with E-state index in [1.165, 1.54) is 12.3 Å². The second-order valence-corrected chi connectivity index (χ2v) is 8.46. The maximum Gasteiger partial charge on any atom is 0.404 e. The van der Waals surface area contributed by atoms with Gasteiger partial charge in [0.05, 0.1) is 24.0 Å². The Hall–Kier alpha value is -3.69. The van der Waals surface area contributed by atoms with E-state index in [0.717, 1.165) is 24.2 Å². The number of aromatic nitrogens is 2. The van der Waals surface area contributed by atoms with Gasteiger partial charge < -0.3 is 20.2 Å². The van der Waals surface area contributed by atoms with Gasteiger partial charge >= 0.3 is 6.09 Å². The Morgan fingerprint density at radius 2 is 1.97 bits per heavy atom. The number of hydrogen-bond acceptors (Lipinski definition) is 4. The van der Waals surface area contributed by atoms with E-state index < -0.39 is 17.7 Å². The highest BCUT2D eigenvalue weighted by molar-refractivity contribution is 5.93. The summed E-state index contributed by atoms with van der Waals surface area (Å²) in [6.45, 7) is 1.42. The zero-order valence-electron chi connectivity index (χ0n) is 17.7. The highest BCUT2D eigenvalue weighted by Gasteiger charge is 2.31. The number of carbonyl (C=O) groups excluding carboxylic acids is 1. The van der Waals surface area contributed by atoms with Crippen molar-refractivity contribution in [1.29, 1.82) is 0 Å². The highest BCUT2D eigenvalue weighted by atomic mass is 19.1. The number of carbonyl (C=O) groups is 2. The number of nitrogens with zero attached hydrogens (tertiary/aromatic N) is 4. The molecule has 0 bridgehead atoms. The molecule has 172 valence electrons. The molecule has 8 nitrogen and oxygen atoms in total. The first-order valence-corrected chi connectivity index (χ1v) is 10.9. The summed E-state index contributed by atoms with van der Waals surface area (Å²) >= 11 is 0. The molecule has 1 aromatic carbocycles. The number of carboxylic acid groups (broad SMARTS) is 1. The third kappa shape index (κ3) is 3.96. The van der Waals surface area contributed by atoms with Crippen LogP contribution in [0.4, 0.5) is 19.3 Å². The Bertz CT molecular complexity index is 1230. The molecule has 10 heteroatoms. The minimum Gasteiger partial charge on any atom is -0.465 e. The zero-order chi connectivity index (χ0) is 23.1. The lowest BCUT2D eigenvalue weighted by Gasteiger charge is -2.27. The molecule has 2 atom stereocenters. The summed E-state index contributed by atoms with van der Waals surface area (Å²) in [6, 6.07) is 6.58. The van der Waals surface area contributed by atoms with E-state index in [1.807, 2.05) is 11.0 Å². The van der Waals surface area contributed by atoms with Crippen LogP contribution in [0.15, 0.2) is 42.7 Å². The van der Waals surface area contributed by atoms with Gasteiger partial charge in [0.15, 0.2) is 0 Å². The van der Waals surface area contributed by atoms with E-state index in [4.69, 9.17) is 5.11 Å². The number of imidazole rings is 1. The number of anilines is 1. The van der Waals surface area contributed by atoms with E-state index in [-0.39, 0.29) is 18.0 Å². The van der Waals surface area contributed by atoms with Crippen molar-refractivity contribution in [3.8, 4) is 0 Å². The van der Waals surface area contributed by atoms with Crippen molar-refractivity contribution in [2.24, 2.45) is 0 Å². The van der Waals surface area contributed by atoms with Crippen molar-refractivity contribution in [2.75, 3.05) is 24.5 Å². The van der Waals surface area contributed by atoms with Gasteiger partial charge in [-0.25, -0.2) is 18.6 Å². The summed E-state index contributed by atoms with van der Waals surface area (Å²) in [4.78, 5) is 32.0. The third-order valence-corrected chi connectivity index (χ3v) is 6.41. The Kier molecular flexibility index (Phi) is 5.35. The zero-order valence-corrected chi connectivity index (χ0v) is 17.7. The van der Waals surface area contributed by atoms with Gasteiger partial charge in [-0.05, 0) is 49.6 Å². The minimum atomic E-state index is -1.11. The smallest absolute Gasteiger partial charge is 0.404 e. The predicted molar refractivity (Wildman–Crippen MR) is 116 cm³/mol. The van der Waals surface area contributed by atoms with Crippen LogP contribution in [0.1, 0.15) is 41.4 Å². The Morgan fingerprint density at radius 3 is 2.79 bits per heavy atom. The lowest BCUT2D eigenvalue weighted by molar-refractivity contribution is 0.0781. The fraction of sp³-hybridized carbons (Fsp3) is 0.348. The second kappa shape index (κ2) is 8.34. The quantitative estimate of drug-likeness (QED) is 0.629. The van der Waals surface area contributed by atoms with Gasteiger partial charge in [0.2, 0.25) is 0 Å². The van der Waals surface area contributed by atoms with E-state index in [9.17, 15) is 18.4 Å². The van der Waals surface area contributed by atoms with Gasteiger partial charge in [-0.1, -0.05) is 0 Å². The molecular formula is C23H23F2N5O3. The van der Waals surface area contributed by atoms with E-state index >= 15 is 0 Å². The second-order valence-electron chi connectivity index (χ2n) is 8.46. The number of halogens is 2. The Labute approximate surface area is 188 Å². The molecule has 2 saturated heterocycles. The topological polar surface area (TPSA) is 90.2 Å². The third-order valence-electron chi connectivity index (χ3n) is 6.41. The van der Waals surface area contributed by atoms with Crippen LogP contribution in [-0.2, 0) is 0 Å². The molecule has 5 rings (SSSR count). The van der Waals surface area contributed by atoms with E-state index in [0.29, 0.717) is 49.4 Å². The van der Waals surface area contributed by atoms with Crippen molar-refractivity contribution >= 4 is 23.3 Å². The molecule has 2 unspecified atom stereocenters. The van der Waals surface area contributed by atoms with E-state index in [1.54, 1.807) is 21.6 Å². The van der Waals surface area contributed by atoms with Gasteiger partial charge in [0.25, 0.3) is 5.91 Å². The molecule has 33 heavy (non-hydrogen) atoms. The predicted octanol–water partition coefficient (Wildman–Crippen LogP) is 3.44. The number of hydrogen-bond donors (Lipinski definition) is 2. The van der Waals surface area contributed by atoms with Crippen LogP contribution in [0, 0.1) is 11.6 Å². The molecule has 2 N–H and O–H groups in total. The van der Waals surface area contributed by atoms with Crippen LogP contribution < -0.4 is 10.2 Å². The fourth-order valence-corrected chi connectivity index (χ4v) is 4.87. The standard InChI is InChI=1S/C23H23F2N5O3/c24-14-3-5-18(25)17(10-14)19-2-1-8-29(19)16-4-6-21-26-11-20(30(21)13-16)22(31)28-9-7-15(12-28)27-23(32)33/h3-6,10-11,13,15,19,27H,1-2,7-9,12H2,(H,32,33). The number of nitrogens with one attached hydrogen (secondary N) is 1. The number of amides is 2. The number of pyridine rings is 1. The van der Waals surface area contributed by atoms with Crippen molar-refractivity contribution in [1.82, 2.24) is 19.6 Å². The maximum atomic E-state index is 14.5. The number of likely N-dealkylation sites (tertiary alicyclic amines) is 1. The van der Waals surface area contributed by atoms with Crippen LogP contribution >= 0.6 is 0 Å². The largest absolute Gasteiger partial charge is 0.465 e. The molecule has 2 aliphatic rings. The first-order valence-electron chi connectivity index (χ1n) is 10.9. The summed E-state index contributed by atoms with van der Waals surface area (Å²) in [7, 11) is 0. The Morgan fingerprint density at radius 1 is 1.12 bits per heavy atom. The van der Waals surface area contributed by atoms with Crippen molar-refractivity contribution in [2.45, 2.75) is 31.3 Å². The number of rotatable bonds is 4. The number of fused-ring (bicyclic) bond motifs is 1. The van der Waals surface area contributed by atoms with Crippen LogP contribution in [0.25, 0.3) is 5.65 Å². The molecule has 0 spiro atoms. The first kappa shape index (κ1) is 21.2. The van der Waals surface area contributed by atoms with Crippen LogP contribution in [0.3, 0.4) is 0 Å². The summed E-state index contributed by atoms with van der Waals surface area (Å²) in [6.07, 6.45) is 4.28. The van der Waals surface area contributed by atoms with Crippen LogP contribution in [0.5, 0.6) is 0 Å².